The second-order valence-corrected chi connectivity index (χ2v) is 6.58. The van der Waals surface area contributed by atoms with Crippen molar-refractivity contribution in [1.29, 1.82) is 0 Å². The molecule has 1 aromatic rings. The van der Waals surface area contributed by atoms with Crippen molar-refractivity contribution >= 4 is 5.69 Å². The van der Waals surface area contributed by atoms with Gasteiger partial charge in [-0.25, -0.2) is 4.39 Å². The molecule has 0 radical (unpaired) electrons. The maximum atomic E-state index is 14.3. The molecule has 0 N–H and O–H groups in total. The largest absolute Gasteiger partial charge is 0.372 e. The Morgan fingerprint density at radius 3 is 2.21 bits per heavy atom. The Morgan fingerprint density at radius 1 is 1.16 bits per heavy atom. The molecule has 3 heteroatoms. The van der Waals surface area contributed by atoms with E-state index in [2.05, 4.69) is 25.7 Å². The highest BCUT2D eigenvalue weighted by molar-refractivity contribution is 5.50. The summed E-state index contributed by atoms with van der Waals surface area (Å²) in [5, 5.41) is 0. The Morgan fingerprint density at radius 2 is 1.74 bits per heavy atom. The second-order valence-electron chi connectivity index (χ2n) is 6.58. The van der Waals surface area contributed by atoms with E-state index in [-0.39, 0.29) is 23.4 Å². The zero-order valence-electron chi connectivity index (χ0n) is 12.5. The van der Waals surface area contributed by atoms with Crippen LogP contribution in [0.15, 0.2) is 18.2 Å². The van der Waals surface area contributed by atoms with Crippen molar-refractivity contribution in [3.63, 3.8) is 0 Å². The van der Waals surface area contributed by atoms with Gasteiger partial charge in [-0.15, -0.1) is 0 Å². The highest BCUT2D eigenvalue weighted by atomic mass is 19.1. The van der Waals surface area contributed by atoms with Crippen molar-refractivity contribution in [2.45, 2.75) is 52.2 Å². The molecule has 19 heavy (non-hydrogen) atoms. The van der Waals surface area contributed by atoms with Crippen molar-refractivity contribution in [3.05, 3.63) is 29.6 Å². The van der Waals surface area contributed by atoms with Gasteiger partial charge in [0.15, 0.2) is 0 Å². The molecular formula is C16H24FNO. The van der Waals surface area contributed by atoms with E-state index < -0.39 is 0 Å². The molecule has 0 amide bonds. The normalized spacial score (nSPS) is 24.6. The molecule has 0 spiro atoms. The van der Waals surface area contributed by atoms with Crippen molar-refractivity contribution in [3.8, 4) is 0 Å². The van der Waals surface area contributed by atoms with Gasteiger partial charge >= 0.3 is 0 Å². The van der Waals surface area contributed by atoms with Gasteiger partial charge in [0.25, 0.3) is 0 Å². The number of ether oxygens (including phenoxy) is 1. The van der Waals surface area contributed by atoms with Gasteiger partial charge in [-0.2, -0.15) is 0 Å². The Kier molecular flexibility index (Phi) is 3.86. The molecule has 0 bridgehead atoms. The zero-order chi connectivity index (χ0) is 14.2. The van der Waals surface area contributed by atoms with Crippen LogP contribution in [0.5, 0.6) is 0 Å². The third kappa shape index (κ3) is 3.27. The molecule has 0 aromatic heterocycles. The van der Waals surface area contributed by atoms with Gasteiger partial charge in [0, 0.05) is 13.1 Å². The Bertz CT molecular complexity index is 443. The molecule has 2 nitrogen and oxygen atoms in total. The number of rotatable bonds is 1. The summed E-state index contributed by atoms with van der Waals surface area (Å²) in [5.41, 5.74) is 1.70. The highest BCUT2D eigenvalue weighted by Gasteiger charge is 2.25. The smallest absolute Gasteiger partial charge is 0.146 e. The molecule has 0 unspecified atom stereocenters. The zero-order valence-corrected chi connectivity index (χ0v) is 12.5. The minimum Gasteiger partial charge on any atom is -0.372 e. The van der Waals surface area contributed by atoms with E-state index in [9.17, 15) is 4.39 Å². The number of benzene rings is 1. The monoisotopic (exact) mass is 265 g/mol. The van der Waals surface area contributed by atoms with Gasteiger partial charge < -0.3 is 9.64 Å². The molecular weight excluding hydrogens is 241 g/mol. The van der Waals surface area contributed by atoms with Crippen LogP contribution in [0.25, 0.3) is 0 Å². The number of anilines is 1. The maximum Gasteiger partial charge on any atom is 0.146 e. The van der Waals surface area contributed by atoms with Crippen LogP contribution in [0, 0.1) is 5.82 Å². The molecule has 1 fully saturated rings. The first-order valence-corrected chi connectivity index (χ1v) is 6.98. The number of morpholine rings is 1. The first-order chi connectivity index (χ1) is 8.77. The van der Waals surface area contributed by atoms with Gasteiger partial charge in [-0.3, -0.25) is 0 Å². The fourth-order valence-corrected chi connectivity index (χ4v) is 2.60. The van der Waals surface area contributed by atoms with Gasteiger partial charge in [-0.1, -0.05) is 26.8 Å². The summed E-state index contributed by atoms with van der Waals surface area (Å²) in [7, 11) is 0. The number of halogens is 1. The van der Waals surface area contributed by atoms with Crippen molar-refractivity contribution in [2.24, 2.45) is 0 Å². The summed E-state index contributed by atoms with van der Waals surface area (Å²) in [6, 6.07) is 5.60. The quantitative estimate of drug-likeness (QED) is 0.767. The van der Waals surface area contributed by atoms with Crippen LogP contribution in [-0.4, -0.2) is 25.3 Å². The summed E-state index contributed by atoms with van der Waals surface area (Å²) < 4.78 is 20.0. The van der Waals surface area contributed by atoms with Gasteiger partial charge in [0.05, 0.1) is 17.9 Å². The molecule has 0 saturated carbocycles. The summed E-state index contributed by atoms with van der Waals surface area (Å²) in [6.07, 6.45) is 0.288. The van der Waals surface area contributed by atoms with Crippen LogP contribution in [-0.2, 0) is 10.2 Å². The molecule has 2 rings (SSSR count). The second kappa shape index (κ2) is 5.12. The molecule has 2 atom stereocenters. The van der Waals surface area contributed by atoms with E-state index in [4.69, 9.17) is 4.74 Å². The predicted octanol–water partition coefficient (Wildman–Crippen LogP) is 3.74. The SMILES string of the molecule is C[C@@H]1CN(c2ccc(C(C)(C)C)cc2F)C[C@H](C)O1. The van der Waals surface area contributed by atoms with Gasteiger partial charge in [0.1, 0.15) is 5.82 Å². The average molecular weight is 265 g/mol. The van der Waals surface area contributed by atoms with E-state index in [0.29, 0.717) is 5.69 Å². The van der Waals surface area contributed by atoms with Crippen molar-refractivity contribution in [2.75, 3.05) is 18.0 Å². The first-order valence-electron chi connectivity index (χ1n) is 6.98. The fraction of sp³-hybridized carbons (Fsp3) is 0.625. The average Bonchev–Trinajstić information content (AvgIpc) is 2.26. The van der Waals surface area contributed by atoms with Crippen LogP contribution < -0.4 is 4.90 Å². The van der Waals surface area contributed by atoms with Crippen LogP contribution >= 0.6 is 0 Å². The molecule has 1 aromatic carbocycles. The molecule has 1 aliphatic rings. The van der Waals surface area contributed by atoms with Crippen LogP contribution in [0.4, 0.5) is 10.1 Å². The molecule has 1 heterocycles. The van der Waals surface area contributed by atoms with Crippen LogP contribution in [0.2, 0.25) is 0 Å². The molecule has 1 aliphatic heterocycles. The fourth-order valence-electron chi connectivity index (χ4n) is 2.60. The lowest BCUT2D eigenvalue weighted by atomic mass is 9.87. The lowest BCUT2D eigenvalue weighted by Crippen LogP contribution is -2.45. The summed E-state index contributed by atoms with van der Waals surface area (Å²) in [6.45, 7) is 11.8. The van der Waals surface area contributed by atoms with Crippen LogP contribution in [0.3, 0.4) is 0 Å². The Hall–Kier alpha value is -1.09. The lowest BCUT2D eigenvalue weighted by Gasteiger charge is -2.37. The van der Waals surface area contributed by atoms with E-state index in [1.807, 2.05) is 26.0 Å². The van der Waals surface area contributed by atoms with Crippen molar-refractivity contribution in [1.82, 2.24) is 0 Å². The first kappa shape index (κ1) is 14.3. The predicted molar refractivity (Wildman–Crippen MR) is 77.3 cm³/mol. The van der Waals surface area contributed by atoms with Gasteiger partial charge in [-0.05, 0) is 37.0 Å². The van der Waals surface area contributed by atoms with E-state index >= 15 is 0 Å². The summed E-state index contributed by atoms with van der Waals surface area (Å²) >= 11 is 0. The maximum absolute atomic E-state index is 14.3. The highest BCUT2D eigenvalue weighted by Crippen LogP contribution is 2.29. The van der Waals surface area contributed by atoms with E-state index in [1.165, 1.54) is 0 Å². The topological polar surface area (TPSA) is 12.5 Å². The molecule has 0 aliphatic carbocycles. The number of hydrogen-bond donors (Lipinski definition) is 0. The van der Waals surface area contributed by atoms with Crippen LogP contribution in [0.1, 0.15) is 40.2 Å². The third-order valence-electron chi connectivity index (χ3n) is 3.57. The molecule has 106 valence electrons. The van der Waals surface area contributed by atoms with E-state index in [0.717, 1.165) is 18.7 Å². The number of nitrogens with zero attached hydrogens (tertiary/aromatic N) is 1. The molecule has 1 saturated heterocycles. The Balaban J connectivity index is 2.26. The summed E-state index contributed by atoms with van der Waals surface area (Å²) in [5.74, 6) is -0.131. The van der Waals surface area contributed by atoms with E-state index in [1.54, 1.807) is 6.07 Å². The van der Waals surface area contributed by atoms with Crippen molar-refractivity contribution < 1.29 is 9.13 Å². The third-order valence-corrected chi connectivity index (χ3v) is 3.57. The minimum absolute atomic E-state index is 0.0229. The summed E-state index contributed by atoms with van der Waals surface area (Å²) in [4.78, 5) is 2.08. The Labute approximate surface area is 115 Å². The standard InChI is InChI=1S/C16H24FNO/c1-11-9-18(10-12(2)19-11)15-7-6-13(8-14(15)17)16(3,4)5/h6-8,11-12H,9-10H2,1-5H3/t11-,12+. The number of hydrogen-bond acceptors (Lipinski definition) is 2. The minimum atomic E-state index is -0.131. The lowest BCUT2D eigenvalue weighted by molar-refractivity contribution is -0.00539. The van der Waals surface area contributed by atoms with Gasteiger partial charge in [0.2, 0.25) is 0 Å².